The Bertz CT molecular complexity index is 940. The molecular formula is C19H20N4O3S. The fourth-order valence-electron chi connectivity index (χ4n) is 2.57. The van der Waals surface area contributed by atoms with Crippen LogP contribution in [0.25, 0.3) is 5.69 Å². The maximum Gasteiger partial charge on any atom is 0.214 e. The summed E-state index contributed by atoms with van der Waals surface area (Å²) in [5, 5.41) is 12.1. The van der Waals surface area contributed by atoms with E-state index in [1.807, 2.05) is 32.0 Å². The van der Waals surface area contributed by atoms with Crippen molar-refractivity contribution in [2.24, 2.45) is 0 Å². The zero-order valence-electron chi connectivity index (χ0n) is 15.5. The van der Waals surface area contributed by atoms with Crippen molar-refractivity contribution >= 4 is 17.5 Å². The quantitative estimate of drug-likeness (QED) is 0.456. The van der Waals surface area contributed by atoms with Crippen molar-refractivity contribution in [3.05, 3.63) is 53.6 Å². The molecule has 0 radical (unpaired) electrons. The molecule has 3 aromatic rings. The predicted molar refractivity (Wildman–Crippen MR) is 103 cm³/mol. The van der Waals surface area contributed by atoms with Gasteiger partial charge in [0, 0.05) is 5.56 Å². The second-order valence-electron chi connectivity index (χ2n) is 5.90. The predicted octanol–water partition coefficient (Wildman–Crippen LogP) is 3.35. The first kappa shape index (κ1) is 18.9. The topological polar surface area (TPSA) is 79.1 Å². The number of ketones is 1. The van der Waals surface area contributed by atoms with Crippen LogP contribution in [0.5, 0.6) is 11.5 Å². The largest absolute Gasteiger partial charge is 0.497 e. The summed E-state index contributed by atoms with van der Waals surface area (Å²) in [6.45, 7) is 3.82. The van der Waals surface area contributed by atoms with Gasteiger partial charge in [0.25, 0.3) is 0 Å². The van der Waals surface area contributed by atoms with Crippen molar-refractivity contribution in [2.45, 2.75) is 24.3 Å². The summed E-state index contributed by atoms with van der Waals surface area (Å²) in [6, 6.07) is 12.8. The van der Waals surface area contributed by atoms with E-state index in [1.54, 1.807) is 43.2 Å². The van der Waals surface area contributed by atoms with E-state index in [1.165, 1.54) is 11.8 Å². The van der Waals surface area contributed by atoms with Gasteiger partial charge in [-0.3, -0.25) is 4.79 Å². The van der Waals surface area contributed by atoms with Gasteiger partial charge in [0.05, 0.1) is 19.5 Å². The molecule has 7 nitrogen and oxygen atoms in total. The van der Waals surface area contributed by atoms with E-state index in [0.717, 1.165) is 11.3 Å². The Hall–Kier alpha value is -2.87. The van der Waals surface area contributed by atoms with Crippen LogP contribution in [0.3, 0.4) is 0 Å². The first-order valence-electron chi connectivity index (χ1n) is 8.31. The Labute approximate surface area is 161 Å². The second kappa shape index (κ2) is 8.22. The van der Waals surface area contributed by atoms with E-state index in [9.17, 15) is 4.79 Å². The van der Waals surface area contributed by atoms with Crippen LogP contribution in [0, 0.1) is 6.92 Å². The highest BCUT2D eigenvalue weighted by Gasteiger charge is 2.21. The third-order valence-electron chi connectivity index (χ3n) is 4.03. The molecule has 0 saturated carbocycles. The zero-order chi connectivity index (χ0) is 19.4. The minimum absolute atomic E-state index is 0.00610. The van der Waals surface area contributed by atoms with E-state index in [-0.39, 0.29) is 11.0 Å². The molecule has 2 aromatic carbocycles. The highest BCUT2D eigenvalue weighted by molar-refractivity contribution is 8.00. The van der Waals surface area contributed by atoms with Crippen LogP contribution in [0.4, 0.5) is 0 Å². The minimum Gasteiger partial charge on any atom is -0.497 e. The number of rotatable bonds is 7. The molecule has 27 heavy (non-hydrogen) atoms. The van der Waals surface area contributed by atoms with Crippen LogP contribution in [0.15, 0.2) is 47.6 Å². The molecular weight excluding hydrogens is 364 g/mol. The fourth-order valence-corrected chi connectivity index (χ4v) is 3.45. The van der Waals surface area contributed by atoms with Gasteiger partial charge in [-0.25, -0.2) is 0 Å². The molecule has 0 aliphatic heterocycles. The summed E-state index contributed by atoms with van der Waals surface area (Å²) in [7, 11) is 3.19. The van der Waals surface area contributed by atoms with Gasteiger partial charge < -0.3 is 9.47 Å². The standard InChI is InChI=1S/C19H20N4O3S/c1-12-5-10-17(26-4)16(11-12)23-19(20-21-22-23)27-13(2)18(24)14-6-8-15(25-3)9-7-14/h5-11,13H,1-4H3/t13-/m1/s1. The number of carbonyl (C=O) groups excluding carboxylic acids is 1. The summed E-state index contributed by atoms with van der Waals surface area (Å²) in [5.74, 6) is 1.36. The van der Waals surface area contributed by atoms with E-state index in [2.05, 4.69) is 15.5 Å². The Balaban J connectivity index is 1.84. The Morgan fingerprint density at radius 2 is 1.85 bits per heavy atom. The lowest BCUT2D eigenvalue weighted by atomic mass is 10.1. The van der Waals surface area contributed by atoms with Gasteiger partial charge >= 0.3 is 0 Å². The molecule has 0 amide bonds. The number of carbonyl (C=O) groups is 1. The highest BCUT2D eigenvalue weighted by Crippen LogP contribution is 2.30. The molecule has 0 aliphatic rings. The van der Waals surface area contributed by atoms with Crippen molar-refractivity contribution < 1.29 is 14.3 Å². The SMILES string of the molecule is COc1ccc(C(=O)[C@@H](C)Sc2nnnn2-c2cc(C)ccc2OC)cc1. The number of nitrogens with zero attached hydrogens (tertiary/aromatic N) is 4. The lowest BCUT2D eigenvalue weighted by molar-refractivity contribution is 0.0994. The zero-order valence-corrected chi connectivity index (χ0v) is 16.4. The molecule has 0 unspecified atom stereocenters. The molecule has 8 heteroatoms. The number of aromatic nitrogens is 4. The average Bonchev–Trinajstić information content (AvgIpc) is 3.15. The number of ether oxygens (including phenoxy) is 2. The fraction of sp³-hybridized carbons (Fsp3) is 0.263. The first-order valence-corrected chi connectivity index (χ1v) is 9.19. The number of thioether (sulfide) groups is 1. The van der Waals surface area contributed by atoms with Crippen LogP contribution in [-0.2, 0) is 0 Å². The van der Waals surface area contributed by atoms with Gasteiger partial charge in [-0.05, 0) is 66.2 Å². The summed E-state index contributed by atoms with van der Waals surface area (Å²) >= 11 is 1.30. The van der Waals surface area contributed by atoms with Gasteiger partial charge in [-0.15, -0.1) is 5.10 Å². The summed E-state index contributed by atoms with van der Waals surface area (Å²) < 4.78 is 12.1. The van der Waals surface area contributed by atoms with Gasteiger partial charge in [0.15, 0.2) is 5.78 Å². The lowest BCUT2D eigenvalue weighted by Crippen LogP contribution is -2.15. The van der Waals surface area contributed by atoms with Gasteiger partial charge in [-0.2, -0.15) is 4.68 Å². The number of methoxy groups -OCH3 is 2. The number of aryl methyl sites for hydroxylation is 1. The number of tetrazole rings is 1. The smallest absolute Gasteiger partial charge is 0.214 e. The number of hydrogen-bond donors (Lipinski definition) is 0. The molecule has 3 rings (SSSR count). The Morgan fingerprint density at radius 1 is 1.11 bits per heavy atom. The average molecular weight is 384 g/mol. The third kappa shape index (κ3) is 4.11. The highest BCUT2D eigenvalue weighted by atomic mass is 32.2. The van der Waals surface area contributed by atoms with Crippen LogP contribution in [0.2, 0.25) is 0 Å². The summed E-state index contributed by atoms with van der Waals surface area (Å²) in [4.78, 5) is 12.7. The van der Waals surface area contributed by atoms with Crippen molar-refractivity contribution in [1.29, 1.82) is 0 Å². The van der Waals surface area contributed by atoms with E-state index >= 15 is 0 Å². The van der Waals surface area contributed by atoms with Crippen LogP contribution in [0.1, 0.15) is 22.8 Å². The van der Waals surface area contributed by atoms with Gasteiger partial charge in [0.2, 0.25) is 5.16 Å². The Kier molecular flexibility index (Phi) is 5.75. The van der Waals surface area contributed by atoms with Crippen LogP contribution in [-0.4, -0.2) is 45.5 Å². The minimum atomic E-state index is -0.362. The van der Waals surface area contributed by atoms with Gasteiger partial charge in [0.1, 0.15) is 17.2 Å². The molecule has 0 N–H and O–H groups in total. The molecule has 0 spiro atoms. The first-order chi connectivity index (χ1) is 13.0. The molecule has 1 aromatic heterocycles. The maximum absolute atomic E-state index is 12.7. The molecule has 140 valence electrons. The molecule has 0 saturated heterocycles. The number of Topliss-reactive ketones (excluding diaryl/α,β-unsaturated/α-hetero) is 1. The van der Waals surface area contributed by atoms with Crippen molar-refractivity contribution in [2.75, 3.05) is 14.2 Å². The molecule has 0 aliphatic carbocycles. The molecule has 0 fully saturated rings. The van der Waals surface area contributed by atoms with E-state index < -0.39 is 0 Å². The monoisotopic (exact) mass is 384 g/mol. The molecule has 1 heterocycles. The number of hydrogen-bond acceptors (Lipinski definition) is 7. The van der Waals surface area contributed by atoms with Crippen molar-refractivity contribution in [3.8, 4) is 17.2 Å². The number of benzene rings is 2. The Morgan fingerprint density at radius 3 is 2.52 bits per heavy atom. The van der Waals surface area contributed by atoms with Gasteiger partial charge in [-0.1, -0.05) is 17.8 Å². The van der Waals surface area contributed by atoms with E-state index in [4.69, 9.17) is 9.47 Å². The summed E-state index contributed by atoms with van der Waals surface area (Å²) in [6.07, 6.45) is 0. The van der Waals surface area contributed by atoms with Crippen molar-refractivity contribution in [3.63, 3.8) is 0 Å². The van der Waals surface area contributed by atoms with Crippen LogP contribution < -0.4 is 9.47 Å². The maximum atomic E-state index is 12.7. The lowest BCUT2D eigenvalue weighted by Gasteiger charge is -2.13. The second-order valence-corrected chi connectivity index (χ2v) is 7.21. The molecule has 1 atom stereocenters. The normalized spacial score (nSPS) is 11.9. The summed E-state index contributed by atoms with van der Waals surface area (Å²) in [5.41, 5.74) is 2.40. The molecule has 0 bridgehead atoms. The van der Waals surface area contributed by atoms with E-state index in [0.29, 0.717) is 22.2 Å². The van der Waals surface area contributed by atoms with Crippen LogP contribution >= 0.6 is 11.8 Å². The van der Waals surface area contributed by atoms with Crippen molar-refractivity contribution in [1.82, 2.24) is 20.2 Å². The third-order valence-corrected chi connectivity index (χ3v) is 5.06.